The number of alkyl halides is 3. The number of furan rings is 1. The zero-order valence-electron chi connectivity index (χ0n) is 8.27. The Kier molecular flexibility index (Phi) is 2.03. The molecule has 1 nitrogen and oxygen atoms in total. The second kappa shape index (κ2) is 3.02. The molecule has 0 spiro atoms. The highest BCUT2D eigenvalue weighted by Crippen LogP contribution is 2.37. The predicted octanol–water partition coefficient (Wildman–Crippen LogP) is 4.07. The summed E-state index contributed by atoms with van der Waals surface area (Å²) < 4.78 is 42.6. The van der Waals surface area contributed by atoms with Crippen molar-refractivity contribution in [3.8, 4) is 0 Å². The molecule has 2 rings (SSSR count). The van der Waals surface area contributed by atoms with Gasteiger partial charge in [-0.25, -0.2) is 0 Å². The van der Waals surface area contributed by atoms with Gasteiger partial charge in [-0.2, -0.15) is 13.2 Å². The predicted molar refractivity (Wildman–Crippen MR) is 50.7 cm³/mol. The number of rotatable bonds is 0. The number of fused-ring (bicyclic) bond motifs is 1. The topological polar surface area (TPSA) is 13.1 Å². The fourth-order valence-corrected chi connectivity index (χ4v) is 1.71. The second-order valence-corrected chi connectivity index (χ2v) is 3.61. The van der Waals surface area contributed by atoms with Gasteiger partial charge in [0.2, 0.25) is 0 Å². The average molecular weight is 214 g/mol. The molecule has 15 heavy (non-hydrogen) atoms. The third-order valence-electron chi connectivity index (χ3n) is 2.31. The summed E-state index contributed by atoms with van der Waals surface area (Å²) in [5.41, 5.74) is 1.13. The molecular weight excluding hydrogens is 205 g/mol. The molecule has 0 saturated carbocycles. The van der Waals surface area contributed by atoms with E-state index in [-0.39, 0.29) is 5.39 Å². The molecule has 0 fully saturated rings. The second-order valence-electron chi connectivity index (χ2n) is 3.61. The van der Waals surface area contributed by atoms with Crippen molar-refractivity contribution in [3.63, 3.8) is 0 Å². The smallest absolute Gasteiger partial charge is 0.420 e. The highest BCUT2D eigenvalue weighted by atomic mass is 19.4. The normalized spacial score (nSPS) is 12.3. The maximum absolute atomic E-state index is 12.6. The van der Waals surface area contributed by atoms with Crippen LogP contribution < -0.4 is 0 Å². The fraction of sp³-hybridized carbons (Fsp3) is 0.273. The molecule has 0 bridgehead atoms. The van der Waals surface area contributed by atoms with Gasteiger partial charge in [0.1, 0.15) is 17.4 Å². The summed E-state index contributed by atoms with van der Waals surface area (Å²) in [6, 6.07) is 3.29. The minimum Gasteiger partial charge on any atom is -0.463 e. The first-order valence-electron chi connectivity index (χ1n) is 4.45. The summed E-state index contributed by atoms with van der Waals surface area (Å²) in [6.45, 7) is 3.50. The molecule has 0 amide bonds. The highest BCUT2D eigenvalue weighted by molar-refractivity contribution is 5.85. The Hall–Kier alpha value is -1.45. The molecule has 2 aromatic rings. The van der Waals surface area contributed by atoms with Gasteiger partial charge in [-0.05, 0) is 31.0 Å². The first kappa shape index (κ1) is 10.1. The molecule has 0 saturated heterocycles. The van der Waals surface area contributed by atoms with Gasteiger partial charge in [-0.3, -0.25) is 0 Å². The van der Waals surface area contributed by atoms with Crippen molar-refractivity contribution in [2.45, 2.75) is 20.0 Å². The Morgan fingerprint density at radius 2 is 1.80 bits per heavy atom. The van der Waals surface area contributed by atoms with E-state index in [1.165, 1.54) is 6.07 Å². The highest BCUT2D eigenvalue weighted by Gasteiger charge is 2.34. The number of benzene rings is 1. The number of hydrogen-bond donors (Lipinski definition) is 0. The van der Waals surface area contributed by atoms with Crippen LogP contribution in [0.15, 0.2) is 22.8 Å². The first-order chi connectivity index (χ1) is 6.89. The Morgan fingerprint density at radius 3 is 2.40 bits per heavy atom. The van der Waals surface area contributed by atoms with E-state index in [4.69, 9.17) is 4.42 Å². The summed E-state index contributed by atoms with van der Waals surface area (Å²) in [5, 5.41) is 0.139. The maximum atomic E-state index is 12.6. The first-order valence-corrected chi connectivity index (χ1v) is 4.45. The van der Waals surface area contributed by atoms with Crippen LogP contribution in [0.4, 0.5) is 13.2 Å². The van der Waals surface area contributed by atoms with Crippen LogP contribution in [0.1, 0.15) is 16.7 Å². The van der Waals surface area contributed by atoms with E-state index in [0.29, 0.717) is 5.58 Å². The van der Waals surface area contributed by atoms with Gasteiger partial charge in [-0.15, -0.1) is 0 Å². The van der Waals surface area contributed by atoms with Gasteiger partial charge in [-0.1, -0.05) is 6.07 Å². The summed E-state index contributed by atoms with van der Waals surface area (Å²) in [7, 11) is 0. The van der Waals surface area contributed by atoms with Crippen molar-refractivity contribution in [1.29, 1.82) is 0 Å². The van der Waals surface area contributed by atoms with Crippen LogP contribution in [0.3, 0.4) is 0 Å². The molecular formula is C11H9F3O. The van der Waals surface area contributed by atoms with Gasteiger partial charge in [0.05, 0.1) is 0 Å². The standard InChI is InChI=1S/C11H9F3O/c1-6-3-7(2)10-8(4-6)9(5-15-10)11(12,13)14/h3-5H,1-2H3. The van der Waals surface area contributed by atoms with Crippen molar-refractivity contribution in [1.82, 2.24) is 0 Å². The van der Waals surface area contributed by atoms with Crippen molar-refractivity contribution in [3.05, 3.63) is 35.1 Å². The van der Waals surface area contributed by atoms with E-state index < -0.39 is 11.7 Å². The Balaban J connectivity index is 2.80. The molecule has 0 radical (unpaired) electrons. The zero-order valence-corrected chi connectivity index (χ0v) is 8.27. The Morgan fingerprint density at radius 1 is 1.13 bits per heavy atom. The van der Waals surface area contributed by atoms with Gasteiger partial charge in [0, 0.05) is 5.39 Å². The lowest BCUT2D eigenvalue weighted by molar-refractivity contribution is -0.136. The summed E-state index contributed by atoms with van der Waals surface area (Å²) >= 11 is 0. The Labute approximate surface area is 84.5 Å². The van der Waals surface area contributed by atoms with E-state index in [1.807, 2.05) is 0 Å². The van der Waals surface area contributed by atoms with Crippen LogP contribution in [-0.2, 0) is 6.18 Å². The van der Waals surface area contributed by atoms with Crippen molar-refractivity contribution < 1.29 is 17.6 Å². The molecule has 1 aromatic carbocycles. The minimum absolute atomic E-state index is 0.139. The largest absolute Gasteiger partial charge is 0.463 e. The molecule has 0 atom stereocenters. The van der Waals surface area contributed by atoms with Crippen LogP contribution in [0.5, 0.6) is 0 Å². The minimum atomic E-state index is -4.36. The summed E-state index contributed by atoms with van der Waals surface area (Å²) in [6.07, 6.45) is -3.58. The van der Waals surface area contributed by atoms with Gasteiger partial charge >= 0.3 is 6.18 Å². The third kappa shape index (κ3) is 1.60. The molecule has 1 heterocycles. The Bertz CT molecular complexity index is 508. The molecule has 0 aliphatic rings. The molecule has 1 aromatic heterocycles. The number of aryl methyl sites for hydroxylation is 2. The van der Waals surface area contributed by atoms with Crippen LogP contribution in [-0.4, -0.2) is 0 Å². The molecule has 0 unspecified atom stereocenters. The van der Waals surface area contributed by atoms with Gasteiger partial charge < -0.3 is 4.42 Å². The van der Waals surface area contributed by atoms with Gasteiger partial charge in [0.25, 0.3) is 0 Å². The van der Waals surface area contributed by atoms with E-state index in [9.17, 15) is 13.2 Å². The number of halogens is 3. The van der Waals surface area contributed by atoms with Crippen LogP contribution in [0.25, 0.3) is 11.0 Å². The fourth-order valence-electron chi connectivity index (χ4n) is 1.71. The van der Waals surface area contributed by atoms with Crippen molar-refractivity contribution >= 4 is 11.0 Å². The van der Waals surface area contributed by atoms with E-state index in [0.717, 1.165) is 17.4 Å². The van der Waals surface area contributed by atoms with E-state index >= 15 is 0 Å². The maximum Gasteiger partial charge on any atom is 0.420 e. The molecule has 0 N–H and O–H groups in total. The summed E-state index contributed by atoms with van der Waals surface area (Å²) in [4.78, 5) is 0. The SMILES string of the molecule is Cc1cc(C)c2occ(C(F)(F)F)c2c1. The lowest BCUT2D eigenvalue weighted by Gasteiger charge is -2.04. The molecule has 80 valence electrons. The van der Waals surface area contributed by atoms with Crippen LogP contribution in [0, 0.1) is 13.8 Å². The monoisotopic (exact) mass is 214 g/mol. The number of hydrogen-bond acceptors (Lipinski definition) is 1. The van der Waals surface area contributed by atoms with Crippen LogP contribution >= 0.6 is 0 Å². The van der Waals surface area contributed by atoms with Crippen molar-refractivity contribution in [2.24, 2.45) is 0 Å². The third-order valence-corrected chi connectivity index (χ3v) is 2.31. The lowest BCUT2D eigenvalue weighted by atomic mass is 10.1. The van der Waals surface area contributed by atoms with E-state index in [1.54, 1.807) is 19.9 Å². The average Bonchev–Trinajstić information content (AvgIpc) is 2.45. The van der Waals surface area contributed by atoms with Crippen molar-refractivity contribution in [2.75, 3.05) is 0 Å². The van der Waals surface area contributed by atoms with Gasteiger partial charge in [0.15, 0.2) is 0 Å². The summed E-state index contributed by atoms with van der Waals surface area (Å²) in [5.74, 6) is 0. The molecule has 0 aliphatic heterocycles. The lowest BCUT2D eigenvalue weighted by Crippen LogP contribution is -2.03. The molecule has 4 heteroatoms. The molecule has 0 aliphatic carbocycles. The van der Waals surface area contributed by atoms with E-state index in [2.05, 4.69) is 0 Å². The quantitative estimate of drug-likeness (QED) is 0.644. The zero-order chi connectivity index (χ0) is 11.2. The van der Waals surface area contributed by atoms with Crippen LogP contribution in [0.2, 0.25) is 0 Å².